The van der Waals surface area contributed by atoms with Crippen molar-refractivity contribution in [3.8, 4) is 0 Å². The second-order valence-electron chi connectivity index (χ2n) is 5.38. The summed E-state index contributed by atoms with van der Waals surface area (Å²) in [6.45, 7) is 4.08. The van der Waals surface area contributed by atoms with Gasteiger partial charge in [0.05, 0.1) is 11.3 Å². The van der Waals surface area contributed by atoms with Gasteiger partial charge in [-0.15, -0.1) is 11.6 Å². The number of hydrogen-bond donors (Lipinski definition) is 1. The molecule has 2 nitrogen and oxygen atoms in total. The summed E-state index contributed by atoms with van der Waals surface area (Å²) in [6, 6.07) is 10.1. The summed E-state index contributed by atoms with van der Waals surface area (Å²) in [5, 5.41) is 9.11. The van der Waals surface area contributed by atoms with E-state index in [9.17, 15) is 4.79 Å². The van der Waals surface area contributed by atoms with E-state index in [1.54, 1.807) is 0 Å². The van der Waals surface area contributed by atoms with E-state index < -0.39 is 5.97 Å². The number of benzene rings is 1. The van der Waals surface area contributed by atoms with Crippen LogP contribution in [0.2, 0.25) is 0 Å². The van der Waals surface area contributed by atoms with Crippen LogP contribution in [0.1, 0.15) is 56.9 Å². The van der Waals surface area contributed by atoms with Crippen molar-refractivity contribution >= 4 is 17.6 Å². The van der Waals surface area contributed by atoms with Gasteiger partial charge in [-0.05, 0) is 37.2 Å². The van der Waals surface area contributed by atoms with Crippen LogP contribution in [0, 0.1) is 11.8 Å². The lowest BCUT2D eigenvalue weighted by Gasteiger charge is -2.23. The molecule has 112 valence electrons. The van der Waals surface area contributed by atoms with Crippen molar-refractivity contribution in [2.45, 2.75) is 51.3 Å². The minimum absolute atomic E-state index is 0.0255. The molecule has 0 fully saturated rings. The third kappa shape index (κ3) is 5.16. The van der Waals surface area contributed by atoms with E-state index in [2.05, 4.69) is 19.1 Å². The topological polar surface area (TPSA) is 37.3 Å². The average Bonchev–Trinajstić information content (AvgIpc) is 2.46. The Morgan fingerprint density at radius 2 is 1.80 bits per heavy atom. The van der Waals surface area contributed by atoms with Crippen molar-refractivity contribution in [1.29, 1.82) is 0 Å². The molecule has 0 radical (unpaired) electrons. The van der Waals surface area contributed by atoms with Crippen LogP contribution in [0.4, 0.5) is 0 Å². The third-order valence-electron chi connectivity index (χ3n) is 3.92. The Bertz CT molecular complexity index is 391. The lowest BCUT2D eigenvalue weighted by Crippen LogP contribution is -2.16. The van der Waals surface area contributed by atoms with E-state index in [0.29, 0.717) is 18.8 Å². The van der Waals surface area contributed by atoms with Crippen LogP contribution >= 0.6 is 11.6 Å². The van der Waals surface area contributed by atoms with Gasteiger partial charge in [0.1, 0.15) is 0 Å². The van der Waals surface area contributed by atoms with Gasteiger partial charge in [-0.3, -0.25) is 4.79 Å². The van der Waals surface area contributed by atoms with Crippen molar-refractivity contribution in [1.82, 2.24) is 0 Å². The summed E-state index contributed by atoms with van der Waals surface area (Å²) in [7, 11) is 0. The molecular weight excluding hydrogens is 272 g/mol. The van der Waals surface area contributed by atoms with Gasteiger partial charge in [-0.25, -0.2) is 0 Å². The maximum absolute atomic E-state index is 11.1. The Labute approximate surface area is 127 Å². The number of carboxylic acid groups (broad SMARTS) is 1. The standard InChI is InChI=1S/C17H25ClO2/c1-3-8-14(12-11-13(4-2)17(19)20)16(18)15-9-6-5-7-10-15/h5-7,9-10,13-14,16H,3-4,8,11-12H2,1-2H3,(H,19,20). The molecule has 0 spiro atoms. The second-order valence-corrected chi connectivity index (χ2v) is 5.85. The van der Waals surface area contributed by atoms with E-state index in [1.165, 1.54) is 0 Å². The first-order valence-electron chi connectivity index (χ1n) is 7.51. The van der Waals surface area contributed by atoms with Gasteiger partial charge >= 0.3 is 5.97 Å². The van der Waals surface area contributed by atoms with Gasteiger partial charge < -0.3 is 5.11 Å². The van der Waals surface area contributed by atoms with Gasteiger partial charge in [0.15, 0.2) is 0 Å². The molecule has 0 aliphatic heterocycles. The van der Waals surface area contributed by atoms with Crippen LogP contribution in [0.25, 0.3) is 0 Å². The van der Waals surface area contributed by atoms with Crippen molar-refractivity contribution in [2.24, 2.45) is 11.8 Å². The zero-order valence-corrected chi connectivity index (χ0v) is 13.1. The summed E-state index contributed by atoms with van der Waals surface area (Å²) in [6.07, 6.45) is 4.39. The van der Waals surface area contributed by atoms with Gasteiger partial charge in [-0.2, -0.15) is 0 Å². The van der Waals surface area contributed by atoms with Crippen molar-refractivity contribution < 1.29 is 9.90 Å². The molecule has 0 aliphatic carbocycles. The van der Waals surface area contributed by atoms with Crippen molar-refractivity contribution in [3.05, 3.63) is 35.9 Å². The number of rotatable bonds is 9. The SMILES string of the molecule is CCCC(CCC(CC)C(=O)O)C(Cl)c1ccccc1. The highest BCUT2D eigenvalue weighted by atomic mass is 35.5. The van der Waals surface area contributed by atoms with Gasteiger partial charge in [0.2, 0.25) is 0 Å². The quantitative estimate of drug-likeness (QED) is 0.630. The van der Waals surface area contributed by atoms with Gasteiger partial charge in [0.25, 0.3) is 0 Å². The Morgan fingerprint density at radius 1 is 1.15 bits per heavy atom. The number of hydrogen-bond acceptors (Lipinski definition) is 1. The van der Waals surface area contributed by atoms with E-state index >= 15 is 0 Å². The minimum atomic E-state index is -0.686. The molecule has 0 heterocycles. The molecule has 0 saturated heterocycles. The van der Waals surface area contributed by atoms with E-state index in [1.807, 2.05) is 25.1 Å². The maximum atomic E-state index is 11.1. The number of carbonyl (C=O) groups is 1. The molecule has 3 unspecified atom stereocenters. The van der Waals surface area contributed by atoms with Crippen LogP contribution in [0.3, 0.4) is 0 Å². The zero-order valence-electron chi connectivity index (χ0n) is 12.4. The summed E-state index contributed by atoms with van der Waals surface area (Å²) in [5.74, 6) is -0.583. The van der Waals surface area contributed by atoms with Crippen LogP contribution < -0.4 is 0 Å². The van der Waals surface area contributed by atoms with Gasteiger partial charge in [-0.1, -0.05) is 50.6 Å². The molecule has 0 saturated carbocycles. The fourth-order valence-corrected chi connectivity index (χ4v) is 3.03. The molecular formula is C17H25ClO2. The Morgan fingerprint density at radius 3 is 2.30 bits per heavy atom. The maximum Gasteiger partial charge on any atom is 0.306 e. The molecule has 1 N–H and O–H groups in total. The van der Waals surface area contributed by atoms with Crippen molar-refractivity contribution in [3.63, 3.8) is 0 Å². The number of halogens is 1. The molecule has 1 aromatic rings. The smallest absolute Gasteiger partial charge is 0.306 e. The number of carboxylic acids is 1. The monoisotopic (exact) mass is 296 g/mol. The van der Waals surface area contributed by atoms with Crippen LogP contribution in [-0.4, -0.2) is 11.1 Å². The number of alkyl halides is 1. The van der Waals surface area contributed by atoms with Crippen LogP contribution in [0.15, 0.2) is 30.3 Å². The molecule has 3 heteroatoms. The summed E-state index contributed by atoms with van der Waals surface area (Å²) < 4.78 is 0. The van der Waals surface area contributed by atoms with Crippen molar-refractivity contribution in [2.75, 3.05) is 0 Å². The average molecular weight is 297 g/mol. The van der Waals surface area contributed by atoms with Crippen LogP contribution in [0.5, 0.6) is 0 Å². The van der Waals surface area contributed by atoms with Gasteiger partial charge in [0, 0.05) is 0 Å². The normalized spacial score (nSPS) is 15.6. The zero-order chi connectivity index (χ0) is 15.0. The summed E-state index contributed by atoms with van der Waals surface area (Å²) >= 11 is 6.61. The highest BCUT2D eigenvalue weighted by molar-refractivity contribution is 6.21. The second kappa shape index (κ2) is 9.02. The molecule has 3 atom stereocenters. The fourth-order valence-electron chi connectivity index (χ4n) is 2.63. The molecule has 1 rings (SSSR count). The fraction of sp³-hybridized carbons (Fsp3) is 0.588. The molecule has 1 aromatic carbocycles. The highest BCUT2D eigenvalue weighted by Crippen LogP contribution is 2.36. The molecule has 0 amide bonds. The molecule has 20 heavy (non-hydrogen) atoms. The Balaban J connectivity index is 2.66. The Kier molecular flexibility index (Phi) is 7.68. The number of aliphatic carboxylic acids is 1. The van der Waals surface area contributed by atoms with E-state index in [0.717, 1.165) is 24.8 Å². The lowest BCUT2D eigenvalue weighted by atomic mass is 9.87. The molecule has 0 aromatic heterocycles. The molecule has 0 aliphatic rings. The first-order valence-corrected chi connectivity index (χ1v) is 7.95. The molecule has 0 bridgehead atoms. The minimum Gasteiger partial charge on any atom is -0.481 e. The third-order valence-corrected chi connectivity index (χ3v) is 4.53. The Hall–Kier alpha value is -1.02. The van der Waals surface area contributed by atoms with Crippen LogP contribution in [-0.2, 0) is 4.79 Å². The van der Waals surface area contributed by atoms with E-state index in [-0.39, 0.29) is 11.3 Å². The first kappa shape index (κ1) is 17.0. The predicted molar refractivity (Wildman–Crippen MR) is 84.1 cm³/mol. The largest absolute Gasteiger partial charge is 0.481 e. The first-order chi connectivity index (χ1) is 9.60. The highest BCUT2D eigenvalue weighted by Gasteiger charge is 2.23. The predicted octanol–water partition coefficient (Wildman–Crippen LogP) is 5.27. The van der Waals surface area contributed by atoms with E-state index in [4.69, 9.17) is 16.7 Å². The summed E-state index contributed by atoms with van der Waals surface area (Å²) in [5.41, 5.74) is 1.14. The summed E-state index contributed by atoms with van der Waals surface area (Å²) in [4.78, 5) is 11.1. The lowest BCUT2D eigenvalue weighted by molar-refractivity contribution is -0.142.